The van der Waals surface area contributed by atoms with Gasteiger partial charge >= 0.3 is 5.97 Å². The first-order valence-electron chi connectivity index (χ1n) is 7.73. The third-order valence-corrected chi connectivity index (χ3v) is 5.17. The average Bonchev–Trinajstić information content (AvgIpc) is 2.65. The van der Waals surface area contributed by atoms with Gasteiger partial charge < -0.3 is 9.64 Å². The van der Waals surface area contributed by atoms with Gasteiger partial charge in [0.2, 0.25) is 0 Å². The van der Waals surface area contributed by atoms with Crippen LogP contribution in [0.15, 0.2) is 76.5 Å². The minimum Gasteiger partial charge on any atom is -0.465 e. The van der Waals surface area contributed by atoms with Gasteiger partial charge in [-0.15, -0.1) is 0 Å². The molecule has 3 aromatic rings. The molecule has 0 bridgehead atoms. The maximum atomic E-state index is 13.8. The van der Waals surface area contributed by atoms with Crippen molar-refractivity contribution in [3.63, 3.8) is 0 Å². The number of carbonyl (C=O) groups is 1. The molecule has 4 rings (SSSR count). The molecule has 1 aliphatic heterocycles. The molecule has 0 fully saturated rings. The topological polar surface area (TPSA) is 29.5 Å². The first-order valence-corrected chi connectivity index (χ1v) is 8.54. The highest BCUT2D eigenvalue weighted by atomic mass is 32.2. The number of anilines is 3. The fourth-order valence-electron chi connectivity index (χ4n) is 2.94. The fourth-order valence-corrected chi connectivity index (χ4v) is 4.00. The molecule has 0 amide bonds. The summed E-state index contributed by atoms with van der Waals surface area (Å²) in [5.74, 6) is -1.04. The van der Waals surface area contributed by atoms with E-state index in [0.717, 1.165) is 21.2 Å². The number of para-hydroxylation sites is 2. The van der Waals surface area contributed by atoms with Crippen molar-refractivity contribution in [3.05, 3.63) is 78.1 Å². The number of hydrogen-bond donors (Lipinski definition) is 0. The number of nitrogens with zero attached hydrogens (tertiary/aromatic N) is 1. The number of esters is 1. The molecule has 0 saturated carbocycles. The zero-order valence-corrected chi connectivity index (χ0v) is 14.2. The lowest BCUT2D eigenvalue weighted by molar-refractivity contribution is 0.0601. The third-order valence-electron chi connectivity index (χ3n) is 4.04. The van der Waals surface area contributed by atoms with Gasteiger partial charge in [0.15, 0.2) is 0 Å². The normalized spacial score (nSPS) is 12.3. The van der Waals surface area contributed by atoms with Crippen molar-refractivity contribution in [2.75, 3.05) is 12.0 Å². The van der Waals surface area contributed by atoms with E-state index >= 15 is 0 Å². The highest BCUT2D eigenvalue weighted by Crippen LogP contribution is 2.51. The molecule has 1 heterocycles. The van der Waals surface area contributed by atoms with E-state index < -0.39 is 11.8 Å². The second-order valence-corrected chi connectivity index (χ2v) is 6.61. The molecular formula is C20H14FNO2S. The molecule has 3 aromatic carbocycles. The van der Waals surface area contributed by atoms with Crippen LogP contribution in [0.1, 0.15) is 10.4 Å². The van der Waals surface area contributed by atoms with Crippen molar-refractivity contribution in [2.45, 2.75) is 9.79 Å². The fraction of sp³-hybridized carbons (Fsp3) is 0.0500. The first-order chi connectivity index (χ1) is 12.2. The van der Waals surface area contributed by atoms with Crippen molar-refractivity contribution >= 4 is 34.8 Å². The Kier molecular flexibility index (Phi) is 3.93. The lowest BCUT2D eigenvalue weighted by atomic mass is 10.1. The largest absolute Gasteiger partial charge is 0.465 e. The lowest BCUT2D eigenvalue weighted by Crippen LogP contribution is -2.18. The van der Waals surface area contributed by atoms with Gasteiger partial charge in [-0.3, -0.25) is 0 Å². The molecule has 0 aliphatic carbocycles. The molecule has 5 heteroatoms. The standard InChI is InChI=1S/C20H14FNO2S/c1-24-20(23)14-12-13(21)10-11-15(14)22-16-6-2-4-8-18(16)25-19-9-5-3-7-17(19)22/h2-12H,1H3. The Bertz CT molecular complexity index is 928. The predicted molar refractivity (Wildman–Crippen MR) is 96.5 cm³/mol. The average molecular weight is 351 g/mol. The van der Waals surface area contributed by atoms with E-state index in [1.54, 1.807) is 17.8 Å². The summed E-state index contributed by atoms with van der Waals surface area (Å²) in [5, 5.41) is 0. The molecule has 3 nitrogen and oxygen atoms in total. The molecule has 0 N–H and O–H groups in total. The Morgan fingerprint density at radius 3 is 2.12 bits per heavy atom. The van der Waals surface area contributed by atoms with Crippen molar-refractivity contribution in [1.82, 2.24) is 0 Å². The van der Waals surface area contributed by atoms with Crippen LogP contribution in [0.5, 0.6) is 0 Å². The van der Waals surface area contributed by atoms with Crippen LogP contribution in [0, 0.1) is 5.82 Å². The number of methoxy groups -OCH3 is 1. The number of fused-ring (bicyclic) bond motifs is 2. The molecule has 0 unspecified atom stereocenters. The molecule has 0 saturated heterocycles. The summed E-state index contributed by atoms with van der Waals surface area (Å²) in [6.07, 6.45) is 0. The predicted octanol–water partition coefficient (Wildman–Crippen LogP) is 5.55. The van der Waals surface area contributed by atoms with E-state index in [1.807, 2.05) is 53.4 Å². The van der Waals surface area contributed by atoms with Crippen molar-refractivity contribution in [2.24, 2.45) is 0 Å². The summed E-state index contributed by atoms with van der Waals surface area (Å²) in [6.45, 7) is 0. The Hall–Kier alpha value is -2.79. The van der Waals surface area contributed by atoms with Gasteiger partial charge in [0, 0.05) is 9.79 Å². The van der Waals surface area contributed by atoms with E-state index in [0.29, 0.717) is 5.69 Å². The summed E-state index contributed by atoms with van der Waals surface area (Å²) >= 11 is 1.67. The highest BCUT2D eigenvalue weighted by molar-refractivity contribution is 7.99. The Morgan fingerprint density at radius 1 is 0.920 bits per heavy atom. The van der Waals surface area contributed by atoms with Gasteiger partial charge in [0.05, 0.1) is 29.7 Å². The summed E-state index contributed by atoms with van der Waals surface area (Å²) in [7, 11) is 1.30. The van der Waals surface area contributed by atoms with Crippen molar-refractivity contribution in [3.8, 4) is 0 Å². The third kappa shape index (κ3) is 2.66. The van der Waals surface area contributed by atoms with Gasteiger partial charge in [0.25, 0.3) is 0 Å². The van der Waals surface area contributed by atoms with Crippen molar-refractivity contribution in [1.29, 1.82) is 0 Å². The first kappa shape index (κ1) is 15.7. The zero-order chi connectivity index (χ0) is 17.4. The molecule has 25 heavy (non-hydrogen) atoms. The zero-order valence-electron chi connectivity index (χ0n) is 13.4. The van der Waals surface area contributed by atoms with Crippen LogP contribution in [0.2, 0.25) is 0 Å². The molecule has 0 radical (unpaired) electrons. The van der Waals surface area contributed by atoms with Crippen LogP contribution in [-0.4, -0.2) is 13.1 Å². The maximum absolute atomic E-state index is 13.8. The summed E-state index contributed by atoms with van der Waals surface area (Å²) in [5.41, 5.74) is 2.68. The Labute approximate surface area is 149 Å². The van der Waals surface area contributed by atoms with E-state index in [2.05, 4.69) is 0 Å². The number of halogens is 1. The van der Waals surface area contributed by atoms with Gasteiger partial charge in [-0.25, -0.2) is 9.18 Å². The second-order valence-electron chi connectivity index (χ2n) is 5.53. The molecule has 1 aliphatic rings. The number of ether oxygens (including phenoxy) is 1. The van der Waals surface area contributed by atoms with Gasteiger partial charge in [0.1, 0.15) is 5.82 Å². The lowest BCUT2D eigenvalue weighted by Gasteiger charge is -2.33. The summed E-state index contributed by atoms with van der Waals surface area (Å²) in [6, 6.07) is 20.1. The van der Waals surface area contributed by atoms with Crippen LogP contribution < -0.4 is 4.90 Å². The smallest absolute Gasteiger partial charge is 0.340 e. The van der Waals surface area contributed by atoms with Crippen LogP contribution in [-0.2, 0) is 4.74 Å². The highest BCUT2D eigenvalue weighted by Gasteiger charge is 2.27. The van der Waals surface area contributed by atoms with Crippen LogP contribution in [0.25, 0.3) is 0 Å². The van der Waals surface area contributed by atoms with E-state index in [-0.39, 0.29) is 5.56 Å². The Morgan fingerprint density at radius 2 is 1.52 bits per heavy atom. The number of carbonyl (C=O) groups excluding carboxylic acids is 1. The minimum absolute atomic E-state index is 0.194. The Balaban J connectivity index is 1.99. The molecular weight excluding hydrogens is 337 g/mol. The summed E-state index contributed by atoms with van der Waals surface area (Å²) in [4.78, 5) is 16.4. The quantitative estimate of drug-likeness (QED) is 0.443. The minimum atomic E-state index is -0.567. The second kappa shape index (κ2) is 6.26. The van der Waals surface area contributed by atoms with E-state index in [4.69, 9.17) is 4.74 Å². The monoisotopic (exact) mass is 351 g/mol. The molecule has 0 spiro atoms. The molecule has 0 atom stereocenters. The number of hydrogen-bond acceptors (Lipinski definition) is 4. The SMILES string of the molecule is COC(=O)c1cc(F)ccc1N1c2ccccc2Sc2ccccc21. The number of rotatable bonds is 2. The van der Waals surface area contributed by atoms with Gasteiger partial charge in [-0.05, 0) is 42.5 Å². The van der Waals surface area contributed by atoms with E-state index in [9.17, 15) is 9.18 Å². The van der Waals surface area contributed by atoms with Crippen LogP contribution in [0.4, 0.5) is 21.5 Å². The molecule has 124 valence electrons. The maximum Gasteiger partial charge on any atom is 0.340 e. The van der Waals surface area contributed by atoms with Crippen LogP contribution >= 0.6 is 11.8 Å². The van der Waals surface area contributed by atoms with Crippen LogP contribution in [0.3, 0.4) is 0 Å². The van der Waals surface area contributed by atoms with E-state index in [1.165, 1.54) is 19.2 Å². The van der Waals surface area contributed by atoms with Gasteiger partial charge in [-0.1, -0.05) is 36.0 Å². The number of benzene rings is 3. The molecule has 0 aromatic heterocycles. The van der Waals surface area contributed by atoms with Gasteiger partial charge in [-0.2, -0.15) is 0 Å². The summed E-state index contributed by atoms with van der Waals surface area (Å²) < 4.78 is 18.6. The van der Waals surface area contributed by atoms with Crippen molar-refractivity contribution < 1.29 is 13.9 Å².